The lowest BCUT2D eigenvalue weighted by molar-refractivity contribution is 0.102. The van der Waals surface area contributed by atoms with E-state index in [0.29, 0.717) is 22.8 Å². The van der Waals surface area contributed by atoms with Crippen molar-refractivity contribution in [3.05, 3.63) is 65.4 Å². The molecule has 1 aromatic heterocycles. The van der Waals surface area contributed by atoms with Crippen LogP contribution in [0.15, 0.2) is 52.9 Å². The second-order valence-corrected chi connectivity index (χ2v) is 4.33. The van der Waals surface area contributed by atoms with Crippen LogP contribution in [0.25, 0.3) is 11.0 Å². The van der Waals surface area contributed by atoms with Gasteiger partial charge < -0.3 is 9.52 Å². The van der Waals surface area contributed by atoms with Crippen molar-refractivity contribution >= 4 is 23.0 Å². The standard InChI is InChI=1S/C16H10O4/c17-9-14-15(16(19)10-4-2-1-3-5-10)12-8-11(18)6-7-13(12)20-14/h1-9,18H. The summed E-state index contributed by atoms with van der Waals surface area (Å²) in [6, 6.07) is 13.0. The Morgan fingerprint density at radius 1 is 1.10 bits per heavy atom. The van der Waals surface area contributed by atoms with Gasteiger partial charge >= 0.3 is 0 Å². The fourth-order valence-electron chi connectivity index (χ4n) is 2.16. The molecule has 0 bridgehead atoms. The number of rotatable bonds is 3. The first-order chi connectivity index (χ1) is 9.70. The van der Waals surface area contributed by atoms with E-state index in [1.165, 1.54) is 18.2 Å². The maximum atomic E-state index is 12.5. The average Bonchev–Trinajstić information content (AvgIpc) is 2.85. The number of carbonyl (C=O) groups excluding carboxylic acids is 2. The van der Waals surface area contributed by atoms with Crippen molar-refractivity contribution in [2.75, 3.05) is 0 Å². The van der Waals surface area contributed by atoms with Crippen molar-refractivity contribution in [3.63, 3.8) is 0 Å². The highest BCUT2D eigenvalue weighted by molar-refractivity contribution is 6.19. The average molecular weight is 266 g/mol. The van der Waals surface area contributed by atoms with Gasteiger partial charge in [-0.3, -0.25) is 9.59 Å². The Hall–Kier alpha value is -2.88. The van der Waals surface area contributed by atoms with Crippen molar-refractivity contribution < 1.29 is 19.1 Å². The highest BCUT2D eigenvalue weighted by Crippen LogP contribution is 2.30. The minimum Gasteiger partial charge on any atom is -0.508 e. The number of hydrogen-bond acceptors (Lipinski definition) is 4. The van der Waals surface area contributed by atoms with Crippen LogP contribution in [-0.4, -0.2) is 17.2 Å². The van der Waals surface area contributed by atoms with Gasteiger partial charge in [0.15, 0.2) is 17.8 Å². The van der Waals surface area contributed by atoms with Crippen LogP contribution in [0.2, 0.25) is 0 Å². The van der Waals surface area contributed by atoms with Gasteiger partial charge in [0.25, 0.3) is 0 Å². The lowest BCUT2D eigenvalue weighted by atomic mass is 10.0. The highest BCUT2D eigenvalue weighted by Gasteiger charge is 2.21. The molecule has 0 aliphatic heterocycles. The van der Waals surface area contributed by atoms with Crippen molar-refractivity contribution in [1.29, 1.82) is 0 Å². The molecule has 4 heteroatoms. The molecule has 0 spiro atoms. The molecule has 0 aliphatic carbocycles. The summed E-state index contributed by atoms with van der Waals surface area (Å²) in [6.07, 6.45) is 0.507. The highest BCUT2D eigenvalue weighted by atomic mass is 16.3. The molecular formula is C16H10O4. The lowest BCUT2D eigenvalue weighted by Crippen LogP contribution is -2.03. The monoisotopic (exact) mass is 266 g/mol. The lowest BCUT2D eigenvalue weighted by Gasteiger charge is -1.99. The van der Waals surface area contributed by atoms with Crippen LogP contribution >= 0.6 is 0 Å². The number of phenols is 1. The predicted molar refractivity (Wildman–Crippen MR) is 73.1 cm³/mol. The zero-order valence-electron chi connectivity index (χ0n) is 10.4. The molecule has 3 aromatic rings. The molecule has 0 saturated carbocycles. The van der Waals surface area contributed by atoms with Crippen molar-refractivity contribution in [1.82, 2.24) is 0 Å². The minimum absolute atomic E-state index is 0.0119. The number of fused-ring (bicyclic) bond motifs is 1. The zero-order valence-corrected chi connectivity index (χ0v) is 10.4. The summed E-state index contributed by atoms with van der Waals surface area (Å²) in [5, 5.41) is 9.98. The number of hydrogen-bond donors (Lipinski definition) is 1. The van der Waals surface area contributed by atoms with E-state index in [-0.39, 0.29) is 22.9 Å². The van der Waals surface area contributed by atoms with Crippen LogP contribution in [0.4, 0.5) is 0 Å². The summed E-state index contributed by atoms with van der Waals surface area (Å²) in [6.45, 7) is 0. The van der Waals surface area contributed by atoms with Crippen LogP contribution in [0, 0.1) is 0 Å². The number of furan rings is 1. The SMILES string of the molecule is O=Cc1oc2ccc(O)cc2c1C(=O)c1ccccc1. The van der Waals surface area contributed by atoms with E-state index in [4.69, 9.17) is 4.42 Å². The molecule has 0 aliphatic rings. The van der Waals surface area contributed by atoms with Gasteiger partial charge in [-0.1, -0.05) is 30.3 Å². The Balaban J connectivity index is 2.26. The van der Waals surface area contributed by atoms with Crippen LogP contribution in [0.3, 0.4) is 0 Å². The van der Waals surface area contributed by atoms with Gasteiger partial charge in [0.05, 0.1) is 5.56 Å². The quantitative estimate of drug-likeness (QED) is 0.584. The molecule has 0 atom stereocenters. The minimum atomic E-state index is -0.308. The second kappa shape index (κ2) is 4.66. The van der Waals surface area contributed by atoms with Gasteiger partial charge in [0.1, 0.15) is 11.3 Å². The molecule has 0 unspecified atom stereocenters. The summed E-state index contributed by atoms with van der Waals surface area (Å²) in [5.41, 5.74) is 1.03. The van der Waals surface area contributed by atoms with E-state index in [2.05, 4.69) is 0 Å². The third kappa shape index (κ3) is 1.87. The van der Waals surface area contributed by atoms with E-state index in [1.54, 1.807) is 30.3 Å². The molecule has 0 radical (unpaired) electrons. The normalized spacial score (nSPS) is 10.6. The van der Waals surface area contributed by atoms with Gasteiger partial charge in [0.2, 0.25) is 0 Å². The number of phenolic OH excluding ortho intramolecular Hbond substituents is 1. The van der Waals surface area contributed by atoms with E-state index < -0.39 is 0 Å². The van der Waals surface area contributed by atoms with E-state index in [1.807, 2.05) is 0 Å². The number of benzene rings is 2. The Morgan fingerprint density at radius 3 is 2.55 bits per heavy atom. The second-order valence-electron chi connectivity index (χ2n) is 4.33. The summed E-state index contributed by atoms with van der Waals surface area (Å²) < 4.78 is 5.35. The van der Waals surface area contributed by atoms with E-state index >= 15 is 0 Å². The third-order valence-corrected chi connectivity index (χ3v) is 3.07. The van der Waals surface area contributed by atoms with Crippen molar-refractivity contribution in [2.24, 2.45) is 0 Å². The van der Waals surface area contributed by atoms with Gasteiger partial charge in [-0.2, -0.15) is 0 Å². The van der Waals surface area contributed by atoms with Crippen molar-refractivity contribution in [3.8, 4) is 5.75 Å². The molecule has 0 fully saturated rings. The van der Waals surface area contributed by atoms with Gasteiger partial charge in [-0.15, -0.1) is 0 Å². The Kier molecular flexibility index (Phi) is 2.84. The largest absolute Gasteiger partial charge is 0.508 e. The summed E-state index contributed by atoms with van der Waals surface area (Å²) >= 11 is 0. The van der Waals surface area contributed by atoms with Gasteiger partial charge in [-0.25, -0.2) is 0 Å². The first-order valence-corrected chi connectivity index (χ1v) is 6.01. The first kappa shape index (κ1) is 12.2. The molecule has 1 heterocycles. The van der Waals surface area contributed by atoms with Gasteiger partial charge in [-0.05, 0) is 18.2 Å². The molecule has 0 saturated heterocycles. The molecule has 20 heavy (non-hydrogen) atoms. The summed E-state index contributed by atoms with van der Waals surface area (Å²) in [4.78, 5) is 23.6. The predicted octanol–water partition coefficient (Wildman–Crippen LogP) is 3.18. The Labute approximate surface area is 114 Å². The van der Waals surface area contributed by atoms with E-state index in [9.17, 15) is 14.7 Å². The van der Waals surface area contributed by atoms with E-state index in [0.717, 1.165) is 0 Å². The maximum Gasteiger partial charge on any atom is 0.197 e. The third-order valence-electron chi connectivity index (χ3n) is 3.07. The Bertz CT molecular complexity index is 800. The van der Waals surface area contributed by atoms with Crippen LogP contribution in [0.5, 0.6) is 5.75 Å². The number of aldehydes is 1. The van der Waals surface area contributed by atoms with Crippen LogP contribution in [0.1, 0.15) is 26.5 Å². The number of carbonyl (C=O) groups is 2. The molecule has 3 rings (SSSR count). The van der Waals surface area contributed by atoms with Gasteiger partial charge in [0, 0.05) is 10.9 Å². The molecule has 98 valence electrons. The molecule has 2 aromatic carbocycles. The topological polar surface area (TPSA) is 67.5 Å². The molecule has 1 N–H and O–H groups in total. The fraction of sp³-hybridized carbons (Fsp3) is 0. The maximum absolute atomic E-state index is 12.5. The zero-order chi connectivity index (χ0) is 14.1. The molecule has 4 nitrogen and oxygen atoms in total. The first-order valence-electron chi connectivity index (χ1n) is 6.01. The number of aromatic hydroxyl groups is 1. The number of ketones is 1. The summed E-state index contributed by atoms with van der Waals surface area (Å²) in [7, 11) is 0. The summed E-state index contributed by atoms with van der Waals surface area (Å²) in [5.74, 6) is -0.325. The smallest absolute Gasteiger partial charge is 0.197 e. The van der Waals surface area contributed by atoms with Crippen LogP contribution < -0.4 is 0 Å². The fourth-order valence-corrected chi connectivity index (χ4v) is 2.16. The van der Waals surface area contributed by atoms with Crippen molar-refractivity contribution in [2.45, 2.75) is 0 Å². The molecule has 0 amide bonds. The van der Waals surface area contributed by atoms with Crippen LogP contribution in [-0.2, 0) is 0 Å². The Morgan fingerprint density at radius 2 is 1.85 bits per heavy atom. The molecular weight excluding hydrogens is 256 g/mol.